The molecule has 0 radical (unpaired) electrons. The second kappa shape index (κ2) is 10.2. The molecule has 2 fully saturated rings. The van der Waals surface area contributed by atoms with Crippen molar-refractivity contribution < 1.29 is 9.53 Å². The minimum Gasteiger partial charge on any atom is -0.377 e. The van der Waals surface area contributed by atoms with E-state index >= 15 is 0 Å². The summed E-state index contributed by atoms with van der Waals surface area (Å²) >= 11 is 0. The largest absolute Gasteiger partial charge is 0.377 e. The molecule has 1 atom stereocenters. The number of nitrogens with one attached hydrogen (secondary N) is 1. The third-order valence-corrected chi connectivity index (χ3v) is 5.01. The van der Waals surface area contributed by atoms with Gasteiger partial charge in [0.2, 0.25) is 0 Å². The van der Waals surface area contributed by atoms with Crippen molar-refractivity contribution in [3.63, 3.8) is 0 Å². The standard InChI is InChI=1S/C18H36N4O2/c1-16(2)14-17-15-24-13-12-22(17)18(23)19-6-4-5-7-21-10-8-20(3)9-11-21/h16-17H,4-15H2,1-3H3,(H,19,23)/t17-/m1/s1. The van der Waals surface area contributed by atoms with Crippen molar-refractivity contribution in [2.45, 2.75) is 39.2 Å². The van der Waals surface area contributed by atoms with E-state index in [1.807, 2.05) is 4.90 Å². The summed E-state index contributed by atoms with van der Waals surface area (Å²) in [5.41, 5.74) is 0. The van der Waals surface area contributed by atoms with E-state index in [9.17, 15) is 4.79 Å². The van der Waals surface area contributed by atoms with Crippen molar-refractivity contribution >= 4 is 6.03 Å². The SMILES string of the molecule is CC(C)C[C@@H]1COCCN1C(=O)NCCCCN1CCN(C)CC1. The van der Waals surface area contributed by atoms with Crippen LogP contribution in [0, 0.1) is 5.92 Å². The molecule has 0 aromatic carbocycles. The highest BCUT2D eigenvalue weighted by molar-refractivity contribution is 5.74. The first-order valence-corrected chi connectivity index (χ1v) is 9.59. The molecule has 140 valence electrons. The van der Waals surface area contributed by atoms with E-state index in [4.69, 9.17) is 4.74 Å². The van der Waals surface area contributed by atoms with Crippen LogP contribution in [0.2, 0.25) is 0 Å². The zero-order valence-electron chi connectivity index (χ0n) is 15.8. The predicted octanol–water partition coefficient (Wildman–Crippen LogP) is 1.47. The maximum atomic E-state index is 12.4. The summed E-state index contributed by atoms with van der Waals surface area (Å²) in [4.78, 5) is 19.3. The number of piperazine rings is 1. The Morgan fingerprint density at radius 2 is 1.92 bits per heavy atom. The molecule has 0 spiro atoms. The van der Waals surface area contributed by atoms with Crippen LogP contribution < -0.4 is 5.32 Å². The molecule has 2 saturated heterocycles. The number of carbonyl (C=O) groups is 1. The Bertz CT molecular complexity index is 370. The van der Waals surface area contributed by atoms with Crippen LogP contribution in [0.25, 0.3) is 0 Å². The van der Waals surface area contributed by atoms with Crippen LogP contribution >= 0.6 is 0 Å². The zero-order chi connectivity index (χ0) is 17.4. The molecule has 2 aliphatic heterocycles. The molecule has 2 rings (SSSR count). The van der Waals surface area contributed by atoms with Gasteiger partial charge in [0.05, 0.1) is 19.3 Å². The average Bonchev–Trinajstić information content (AvgIpc) is 2.56. The van der Waals surface area contributed by atoms with Gasteiger partial charge in [-0.25, -0.2) is 4.79 Å². The maximum Gasteiger partial charge on any atom is 0.317 e. The van der Waals surface area contributed by atoms with Crippen LogP contribution in [0.1, 0.15) is 33.1 Å². The molecular formula is C18H36N4O2. The molecule has 2 amide bonds. The van der Waals surface area contributed by atoms with Crippen molar-refractivity contribution in [2.24, 2.45) is 5.92 Å². The summed E-state index contributed by atoms with van der Waals surface area (Å²) in [6.45, 7) is 13.1. The molecule has 0 bridgehead atoms. The Labute approximate surface area is 147 Å². The smallest absolute Gasteiger partial charge is 0.317 e. The van der Waals surface area contributed by atoms with E-state index in [1.165, 1.54) is 26.2 Å². The lowest BCUT2D eigenvalue weighted by Crippen LogP contribution is -2.53. The third kappa shape index (κ3) is 6.57. The second-order valence-corrected chi connectivity index (χ2v) is 7.64. The highest BCUT2D eigenvalue weighted by atomic mass is 16.5. The van der Waals surface area contributed by atoms with Crippen molar-refractivity contribution in [2.75, 3.05) is 66.1 Å². The summed E-state index contributed by atoms with van der Waals surface area (Å²) in [7, 11) is 2.19. The van der Waals surface area contributed by atoms with E-state index in [0.29, 0.717) is 25.7 Å². The number of amides is 2. The molecular weight excluding hydrogens is 304 g/mol. The molecule has 6 nitrogen and oxygen atoms in total. The van der Waals surface area contributed by atoms with Gasteiger partial charge in [0.25, 0.3) is 0 Å². The number of nitrogens with zero attached hydrogens (tertiary/aromatic N) is 3. The lowest BCUT2D eigenvalue weighted by Gasteiger charge is -2.36. The van der Waals surface area contributed by atoms with Gasteiger partial charge in [0, 0.05) is 39.3 Å². The molecule has 6 heteroatoms. The number of unbranched alkanes of at least 4 members (excludes halogenated alkanes) is 1. The van der Waals surface area contributed by atoms with Gasteiger partial charge in [-0.1, -0.05) is 13.8 Å². The molecule has 0 unspecified atom stereocenters. The fraction of sp³-hybridized carbons (Fsp3) is 0.944. The van der Waals surface area contributed by atoms with Crippen LogP contribution in [0.15, 0.2) is 0 Å². The summed E-state index contributed by atoms with van der Waals surface area (Å²) in [6, 6.07) is 0.313. The number of hydrogen-bond acceptors (Lipinski definition) is 4. The Kier molecular flexibility index (Phi) is 8.29. The normalized spacial score (nSPS) is 23.7. The molecule has 1 N–H and O–H groups in total. The number of urea groups is 1. The highest BCUT2D eigenvalue weighted by Gasteiger charge is 2.27. The van der Waals surface area contributed by atoms with Gasteiger partial charge in [-0.05, 0) is 38.8 Å². The fourth-order valence-corrected chi connectivity index (χ4v) is 3.49. The van der Waals surface area contributed by atoms with E-state index in [1.54, 1.807) is 0 Å². The van der Waals surface area contributed by atoms with E-state index < -0.39 is 0 Å². The van der Waals surface area contributed by atoms with Gasteiger partial charge in [-0.3, -0.25) is 0 Å². The first-order valence-electron chi connectivity index (χ1n) is 9.59. The van der Waals surface area contributed by atoms with Gasteiger partial charge in [-0.2, -0.15) is 0 Å². The van der Waals surface area contributed by atoms with Crippen LogP contribution in [0.3, 0.4) is 0 Å². The quantitative estimate of drug-likeness (QED) is 0.713. The molecule has 0 aliphatic carbocycles. The topological polar surface area (TPSA) is 48.1 Å². The molecule has 0 aromatic rings. The second-order valence-electron chi connectivity index (χ2n) is 7.64. The molecule has 24 heavy (non-hydrogen) atoms. The van der Waals surface area contributed by atoms with Gasteiger partial charge in [-0.15, -0.1) is 0 Å². The van der Waals surface area contributed by atoms with Gasteiger partial charge >= 0.3 is 6.03 Å². The molecule has 0 saturated carbocycles. The number of rotatable bonds is 7. The lowest BCUT2D eigenvalue weighted by atomic mass is 10.0. The fourth-order valence-electron chi connectivity index (χ4n) is 3.49. The van der Waals surface area contributed by atoms with E-state index in [0.717, 1.165) is 32.4 Å². The summed E-state index contributed by atoms with van der Waals surface area (Å²) < 4.78 is 5.55. The number of morpholine rings is 1. The van der Waals surface area contributed by atoms with Crippen molar-refractivity contribution in [3.05, 3.63) is 0 Å². The number of hydrogen-bond donors (Lipinski definition) is 1. The number of likely N-dealkylation sites (N-methyl/N-ethyl adjacent to an activating group) is 1. The summed E-state index contributed by atoms with van der Waals surface area (Å²) in [5, 5.41) is 3.11. The van der Waals surface area contributed by atoms with Crippen molar-refractivity contribution in [1.29, 1.82) is 0 Å². The van der Waals surface area contributed by atoms with Gasteiger partial charge in [0.1, 0.15) is 0 Å². The third-order valence-electron chi connectivity index (χ3n) is 5.01. The summed E-state index contributed by atoms with van der Waals surface area (Å²) in [6.07, 6.45) is 3.22. The highest BCUT2D eigenvalue weighted by Crippen LogP contribution is 2.15. The molecule has 2 aliphatic rings. The average molecular weight is 341 g/mol. The van der Waals surface area contributed by atoms with Gasteiger partial charge < -0.3 is 24.8 Å². The minimum absolute atomic E-state index is 0.0866. The maximum absolute atomic E-state index is 12.4. The van der Waals surface area contributed by atoms with Crippen LogP contribution in [0.4, 0.5) is 4.79 Å². The Hall–Kier alpha value is -0.850. The zero-order valence-corrected chi connectivity index (χ0v) is 15.8. The predicted molar refractivity (Wildman–Crippen MR) is 97.3 cm³/mol. The number of ether oxygens (including phenoxy) is 1. The van der Waals surface area contributed by atoms with Crippen molar-refractivity contribution in [3.8, 4) is 0 Å². The monoisotopic (exact) mass is 340 g/mol. The van der Waals surface area contributed by atoms with Crippen molar-refractivity contribution in [1.82, 2.24) is 20.0 Å². The van der Waals surface area contributed by atoms with Crippen LogP contribution in [-0.4, -0.2) is 92.8 Å². The summed E-state index contributed by atoms with van der Waals surface area (Å²) in [5.74, 6) is 0.579. The Balaban J connectivity index is 1.59. The van der Waals surface area contributed by atoms with E-state index in [2.05, 4.69) is 36.0 Å². The Morgan fingerprint density at radius 1 is 1.17 bits per heavy atom. The van der Waals surface area contributed by atoms with E-state index in [-0.39, 0.29) is 12.1 Å². The Morgan fingerprint density at radius 3 is 2.62 bits per heavy atom. The lowest BCUT2D eigenvalue weighted by molar-refractivity contribution is 0.00559. The van der Waals surface area contributed by atoms with Gasteiger partial charge in [0.15, 0.2) is 0 Å². The minimum atomic E-state index is 0.0866. The number of carbonyl (C=O) groups excluding carboxylic acids is 1. The van der Waals surface area contributed by atoms with Crippen LogP contribution in [0.5, 0.6) is 0 Å². The first kappa shape index (κ1) is 19.5. The first-order chi connectivity index (χ1) is 11.6. The molecule has 2 heterocycles. The molecule has 0 aromatic heterocycles. The van der Waals surface area contributed by atoms with Crippen LogP contribution in [-0.2, 0) is 4.74 Å².